The van der Waals surface area contributed by atoms with Crippen molar-refractivity contribution in [2.75, 3.05) is 0 Å². The number of nitrogens with one attached hydrogen (secondary N) is 1. The van der Waals surface area contributed by atoms with Gasteiger partial charge in [0.2, 0.25) is 0 Å². The maximum atomic E-state index is 13.6. The van der Waals surface area contributed by atoms with Gasteiger partial charge in [0.1, 0.15) is 5.82 Å². The summed E-state index contributed by atoms with van der Waals surface area (Å²) in [7, 11) is 0. The molecule has 2 rings (SSSR count). The van der Waals surface area contributed by atoms with Crippen molar-refractivity contribution < 1.29 is 4.39 Å². The number of benzene rings is 1. The number of aryl methyl sites for hydroxylation is 1. The SMILES string of the molecule is Cc1ccc(C(Cc2ccn(C(C)C)n2)NN)cc1F. The number of rotatable bonds is 5. The number of hydrogen-bond acceptors (Lipinski definition) is 3. The van der Waals surface area contributed by atoms with Gasteiger partial charge in [-0.15, -0.1) is 0 Å². The van der Waals surface area contributed by atoms with Crippen LogP contribution in [0.1, 0.15) is 42.8 Å². The maximum absolute atomic E-state index is 13.6. The minimum Gasteiger partial charge on any atom is -0.271 e. The van der Waals surface area contributed by atoms with Crippen LogP contribution in [-0.2, 0) is 6.42 Å². The fourth-order valence-electron chi connectivity index (χ4n) is 2.08. The molecule has 0 aliphatic heterocycles. The molecule has 5 heteroatoms. The van der Waals surface area contributed by atoms with Crippen LogP contribution in [0.5, 0.6) is 0 Å². The number of nitrogens with zero attached hydrogens (tertiary/aromatic N) is 2. The fourth-order valence-corrected chi connectivity index (χ4v) is 2.08. The molecule has 0 fully saturated rings. The maximum Gasteiger partial charge on any atom is 0.126 e. The van der Waals surface area contributed by atoms with Crippen molar-refractivity contribution in [2.24, 2.45) is 5.84 Å². The van der Waals surface area contributed by atoms with E-state index in [0.717, 1.165) is 11.3 Å². The highest BCUT2D eigenvalue weighted by atomic mass is 19.1. The lowest BCUT2D eigenvalue weighted by atomic mass is 10.0. The number of hydrazine groups is 1. The predicted molar refractivity (Wildman–Crippen MR) is 77.5 cm³/mol. The quantitative estimate of drug-likeness (QED) is 0.652. The molecule has 20 heavy (non-hydrogen) atoms. The van der Waals surface area contributed by atoms with Crippen LogP contribution in [0.4, 0.5) is 4.39 Å². The van der Waals surface area contributed by atoms with Crippen molar-refractivity contribution in [3.05, 3.63) is 53.1 Å². The molecular formula is C15H21FN4. The monoisotopic (exact) mass is 276 g/mol. The summed E-state index contributed by atoms with van der Waals surface area (Å²) in [4.78, 5) is 0. The number of aromatic nitrogens is 2. The lowest BCUT2D eigenvalue weighted by Crippen LogP contribution is -2.29. The highest BCUT2D eigenvalue weighted by Gasteiger charge is 2.14. The Balaban J connectivity index is 2.17. The van der Waals surface area contributed by atoms with Gasteiger partial charge in [0.25, 0.3) is 0 Å². The van der Waals surface area contributed by atoms with Gasteiger partial charge in [-0.1, -0.05) is 12.1 Å². The van der Waals surface area contributed by atoms with Gasteiger partial charge < -0.3 is 0 Å². The van der Waals surface area contributed by atoms with E-state index in [2.05, 4.69) is 24.4 Å². The lowest BCUT2D eigenvalue weighted by molar-refractivity contribution is 0.505. The minimum atomic E-state index is -0.213. The summed E-state index contributed by atoms with van der Waals surface area (Å²) in [6.45, 7) is 5.89. The van der Waals surface area contributed by atoms with Gasteiger partial charge in [-0.2, -0.15) is 5.10 Å². The third-order valence-corrected chi connectivity index (χ3v) is 3.41. The Labute approximate surface area is 118 Å². The van der Waals surface area contributed by atoms with E-state index in [1.165, 1.54) is 6.07 Å². The van der Waals surface area contributed by atoms with Gasteiger partial charge in [-0.25, -0.2) is 4.39 Å². The third kappa shape index (κ3) is 3.23. The molecule has 0 aliphatic carbocycles. The Morgan fingerprint density at radius 1 is 1.35 bits per heavy atom. The standard InChI is InChI=1S/C15H21FN4/c1-10(2)20-7-6-13(19-20)9-15(18-17)12-5-4-11(3)14(16)8-12/h4-8,10,15,18H,9,17H2,1-3H3. The second kappa shape index (κ2) is 6.15. The Kier molecular flexibility index (Phi) is 4.52. The van der Waals surface area contributed by atoms with Crippen molar-refractivity contribution in [2.45, 2.75) is 39.3 Å². The fraction of sp³-hybridized carbons (Fsp3) is 0.400. The van der Waals surface area contributed by atoms with Crippen molar-refractivity contribution in [1.29, 1.82) is 0 Å². The molecule has 1 unspecified atom stereocenters. The number of halogens is 1. The Morgan fingerprint density at radius 3 is 2.65 bits per heavy atom. The molecule has 0 radical (unpaired) electrons. The van der Waals surface area contributed by atoms with E-state index in [4.69, 9.17) is 5.84 Å². The molecule has 1 atom stereocenters. The van der Waals surface area contributed by atoms with Crippen LogP contribution in [0.15, 0.2) is 30.5 Å². The van der Waals surface area contributed by atoms with Crippen LogP contribution in [0.2, 0.25) is 0 Å². The van der Waals surface area contributed by atoms with E-state index < -0.39 is 0 Å². The molecule has 0 aliphatic rings. The molecule has 4 nitrogen and oxygen atoms in total. The van der Waals surface area contributed by atoms with Crippen LogP contribution in [-0.4, -0.2) is 9.78 Å². The van der Waals surface area contributed by atoms with E-state index in [1.54, 1.807) is 13.0 Å². The minimum absolute atomic E-state index is 0.152. The van der Waals surface area contributed by atoms with Crippen molar-refractivity contribution in [1.82, 2.24) is 15.2 Å². The number of nitrogens with two attached hydrogens (primary N) is 1. The molecule has 2 aromatic rings. The Hall–Kier alpha value is -1.72. The first-order valence-corrected chi connectivity index (χ1v) is 6.77. The summed E-state index contributed by atoms with van der Waals surface area (Å²) in [6, 6.07) is 7.32. The topological polar surface area (TPSA) is 55.9 Å². The van der Waals surface area contributed by atoms with E-state index in [9.17, 15) is 4.39 Å². The average Bonchev–Trinajstić information content (AvgIpc) is 2.88. The van der Waals surface area contributed by atoms with Gasteiger partial charge in [0.05, 0.1) is 11.7 Å². The molecule has 1 heterocycles. The highest BCUT2D eigenvalue weighted by molar-refractivity contribution is 5.26. The van der Waals surface area contributed by atoms with Crippen LogP contribution in [0.3, 0.4) is 0 Å². The van der Waals surface area contributed by atoms with Gasteiger partial charge in [-0.3, -0.25) is 16.0 Å². The van der Waals surface area contributed by atoms with Crippen LogP contribution < -0.4 is 11.3 Å². The average molecular weight is 276 g/mol. The van der Waals surface area contributed by atoms with E-state index >= 15 is 0 Å². The predicted octanol–water partition coefficient (Wildman–Crippen LogP) is 2.66. The zero-order valence-electron chi connectivity index (χ0n) is 12.1. The van der Waals surface area contributed by atoms with Crippen LogP contribution >= 0.6 is 0 Å². The van der Waals surface area contributed by atoms with Crippen molar-refractivity contribution in [3.8, 4) is 0 Å². The summed E-state index contributed by atoms with van der Waals surface area (Å²) < 4.78 is 15.5. The zero-order valence-corrected chi connectivity index (χ0v) is 12.1. The number of hydrogen-bond donors (Lipinski definition) is 2. The molecule has 0 bridgehead atoms. The summed E-state index contributed by atoms with van der Waals surface area (Å²) >= 11 is 0. The van der Waals surface area contributed by atoms with Gasteiger partial charge in [0, 0.05) is 18.7 Å². The first kappa shape index (κ1) is 14.7. The van der Waals surface area contributed by atoms with Crippen molar-refractivity contribution >= 4 is 0 Å². The molecule has 0 amide bonds. The summed E-state index contributed by atoms with van der Waals surface area (Å²) in [5.74, 6) is 5.39. The summed E-state index contributed by atoms with van der Waals surface area (Å²) in [5.41, 5.74) is 5.13. The summed E-state index contributed by atoms with van der Waals surface area (Å²) in [5, 5.41) is 4.49. The van der Waals surface area contributed by atoms with Gasteiger partial charge in [-0.05, 0) is 44.0 Å². The van der Waals surface area contributed by atoms with Crippen LogP contribution in [0, 0.1) is 12.7 Å². The van der Waals surface area contributed by atoms with E-state index in [-0.39, 0.29) is 11.9 Å². The molecule has 3 N–H and O–H groups in total. The Morgan fingerprint density at radius 2 is 2.10 bits per heavy atom. The smallest absolute Gasteiger partial charge is 0.126 e. The third-order valence-electron chi connectivity index (χ3n) is 3.41. The molecular weight excluding hydrogens is 255 g/mol. The van der Waals surface area contributed by atoms with Crippen molar-refractivity contribution in [3.63, 3.8) is 0 Å². The highest BCUT2D eigenvalue weighted by Crippen LogP contribution is 2.20. The first-order chi connectivity index (χ1) is 9.51. The normalized spacial score (nSPS) is 12.9. The largest absolute Gasteiger partial charge is 0.271 e. The summed E-state index contributed by atoms with van der Waals surface area (Å²) in [6.07, 6.45) is 2.57. The van der Waals surface area contributed by atoms with Gasteiger partial charge in [0.15, 0.2) is 0 Å². The second-order valence-corrected chi connectivity index (χ2v) is 5.31. The van der Waals surface area contributed by atoms with Gasteiger partial charge >= 0.3 is 0 Å². The Bertz CT molecular complexity index is 577. The molecule has 0 spiro atoms. The van der Waals surface area contributed by atoms with E-state index in [0.29, 0.717) is 18.0 Å². The molecule has 1 aromatic heterocycles. The second-order valence-electron chi connectivity index (χ2n) is 5.31. The first-order valence-electron chi connectivity index (χ1n) is 6.77. The molecule has 108 valence electrons. The van der Waals surface area contributed by atoms with E-state index in [1.807, 2.05) is 23.0 Å². The lowest BCUT2D eigenvalue weighted by Gasteiger charge is -2.16. The zero-order chi connectivity index (χ0) is 14.7. The molecule has 1 aromatic carbocycles. The van der Waals surface area contributed by atoms with Crippen LogP contribution in [0.25, 0.3) is 0 Å². The molecule has 0 saturated carbocycles. The molecule has 0 saturated heterocycles.